The van der Waals surface area contributed by atoms with E-state index in [1.54, 1.807) is 0 Å². The van der Waals surface area contributed by atoms with Gasteiger partial charge in [0.15, 0.2) is 6.10 Å². The molecule has 0 fully saturated rings. The maximum Gasteiger partial charge on any atom is 0.306 e. The van der Waals surface area contributed by atoms with Gasteiger partial charge in [0.1, 0.15) is 13.2 Å². The highest BCUT2D eigenvalue weighted by molar-refractivity contribution is 5.71. The first kappa shape index (κ1) is 60.6. The van der Waals surface area contributed by atoms with Gasteiger partial charge in [0.05, 0.1) is 0 Å². The van der Waals surface area contributed by atoms with Crippen molar-refractivity contribution in [1.82, 2.24) is 0 Å². The lowest BCUT2D eigenvalue weighted by molar-refractivity contribution is -0.167. The summed E-state index contributed by atoms with van der Waals surface area (Å²) in [5.74, 6) is -0.897. The molecule has 0 rings (SSSR count). The highest BCUT2D eigenvalue weighted by Crippen LogP contribution is 2.16. The molecule has 0 saturated heterocycles. The second-order valence-electron chi connectivity index (χ2n) is 18.5. The Morgan fingerprint density at radius 2 is 0.571 bits per heavy atom. The van der Waals surface area contributed by atoms with Crippen LogP contribution in [0.15, 0.2) is 36.5 Å². The van der Waals surface area contributed by atoms with Gasteiger partial charge in [-0.1, -0.05) is 237 Å². The van der Waals surface area contributed by atoms with E-state index < -0.39 is 6.10 Å². The molecule has 1 atom stereocenters. The average molecular weight is 885 g/mol. The lowest BCUT2D eigenvalue weighted by Gasteiger charge is -2.18. The predicted octanol–water partition coefficient (Wildman–Crippen LogP) is 18.1. The summed E-state index contributed by atoms with van der Waals surface area (Å²) in [6, 6.07) is 0. The molecule has 1 unspecified atom stereocenters. The van der Waals surface area contributed by atoms with Gasteiger partial charge >= 0.3 is 17.9 Å². The smallest absolute Gasteiger partial charge is 0.306 e. The number of ether oxygens (including phenoxy) is 3. The van der Waals surface area contributed by atoms with Crippen LogP contribution in [0.4, 0.5) is 0 Å². The summed E-state index contributed by atoms with van der Waals surface area (Å²) in [5.41, 5.74) is 0. The third-order valence-corrected chi connectivity index (χ3v) is 12.1. The molecule has 6 heteroatoms. The van der Waals surface area contributed by atoms with E-state index in [1.165, 1.54) is 180 Å². The van der Waals surface area contributed by atoms with E-state index in [4.69, 9.17) is 14.2 Å². The lowest BCUT2D eigenvalue weighted by Crippen LogP contribution is -2.30. The summed E-state index contributed by atoms with van der Waals surface area (Å²) < 4.78 is 16.8. The number of unbranched alkanes of at least 4 members (excludes halogenated alkanes) is 34. The van der Waals surface area contributed by atoms with E-state index >= 15 is 0 Å². The van der Waals surface area contributed by atoms with Crippen molar-refractivity contribution in [3.05, 3.63) is 36.5 Å². The first-order chi connectivity index (χ1) is 31.0. The number of carbonyl (C=O) groups is 3. The molecule has 0 radical (unpaired) electrons. The fourth-order valence-corrected chi connectivity index (χ4v) is 7.96. The monoisotopic (exact) mass is 885 g/mol. The number of hydrogen-bond acceptors (Lipinski definition) is 6. The van der Waals surface area contributed by atoms with Gasteiger partial charge in [-0.25, -0.2) is 0 Å². The van der Waals surface area contributed by atoms with Gasteiger partial charge in [-0.05, 0) is 70.6 Å². The summed E-state index contributed by atoms with van der Waals surface area (Å²) in [6.45, 7) is 6.62. The minimum absolute atomic E-state index is 0.0790. The van der Waals surface area contributed by atoms with Gasteiger partial charge in [0, 0.05) is 19.3 Å². The molecule has 0 amide bonds. The molecule has 0 bridgehead atoms. The van der Waals surface area contributed by atoms with Crippen molar-refractivity contribution in [3.63, 3.8) is 0 Å². The molecule has 0 aromatic carbocycles. The summed E-state index contributed by atoms with van der Waals surface area (Å²) in [6.07, 6.45) is 61.3. The standard InChI is InChI=1S/C57H104O6/c1-4-7-10-13-16-19-22-25-28-30-32-35-38-41-44-47-50-56(59)62-53-54(52-61-55(58)49-46-43-40-37-34-31-27-24-21-18-15-12-9-6-3)63-57(60)51-48-45-42-39-36-33-29-26-23-20-17-14-11-8-5-2/h20,23,28,30,32,35,54H,4-19,21-22,24-27,29,31,33-34,36-53H2,1-3H3/b23-20-,30-28-,35-32-. The Hall–Kier alpha value is -2.37. The maximum absolute atomic E-state index is 12.8. The Morgan fingerprint density at radius 1 is 0.317 bits per heavy atom. The van der Waals surface area contributed by atoms with Crippen LogP contribution in [0.25, 0.3) is 0 Å². The molecule has 0 heterocycles. The minimum Gasteiger partial charge on any atom is -0.462 e. The van der Waals surface area contributed by atoms with Crippen LogP contribution < -0.4 is 0 Å². The van der Waals surface area contributed by atoms with Crippen LogP contribution in [0.3, 0.4) is 0 Å². The van der Waals surface area contributed by atoms with Gasteiger partial charge < -0.3 is 14.2 Å². The molecule has 0 spiro atoms. The highest BCUT2D eigenvalue weighted by Gasteiger charge is 2.19. The van der Waals surface area contributed by atoms with Crippen molar-refractivity contribution in [1.29, 1.82) is 0 Å². The number of carbonyl (C=O) groups excluding carboxylic acids is 3. The van der Waals surface area contributed by atoms with Gasteiger partial charge in [0.25, 0.3) is 0 Å². The fourth-order valence-electron chi connectivity index (χ4n) is 7.96. The first-order valence-electron chi connectivity index (χ1n) is 27.5. The molecule has 0 N–H and O–H groups in total. The van der Waals surface area contributed by atoms with Crippen molar-refractivity contribution in [3.8, 4) is 0 Å². The Bertz CT molecular complexity index is 1060. The third kappa shape index (κ3) is 50.5. The Labute approximate surface area is 391 Å². The summed E-state index contributed by atoms with van der Waals surface area (Å²) in [5, 5.41) is 0. The molecule has 0 aliphatic rings. The van der Waals surface area contributed by atoms with Crippen LogP contribution in [0.1, 0.15) is 290 Å². The number of esters is 3. The quantitative estimate of drug-likeness (QED) is 0.0199. The summed E-state index contributed by atoms with van der Waals surface area (Å²) in [4.78, 5) is 38.0. The van der Waals surface area contributed by atoms with Crippen LogP contribution in [-0.2, 0) is 28.6 Å². The number of allylic oxidation sites excluding steroid dienone is 6. The molecular weight excluding hydrogens is 781 g/mol. The van der Waals surface area contributed by atoms with Gasteiger partial charge in [0.2, 0.25) is 0 Å². The normalized spacial score (nSPS) is 12.2. The zero-order valence-corrected chi connectivity index (χ0v) is 42.1. The molecular formula is C57H104O6. The van der Waals surface area contributed by atoms with E-state index in [0.29, 0.717) is 19.3 Å². The van der Waals surface area contributed by atoms with Crippen LogP contribution in [-0.4, -0.2) is 37.2 Å². The fraction of sp³-hybridized carbons (Fsp3) is 0.842. The number of rotatable bonds is 50. The molecule has 368 valence electrons. The van der Waals surface area contributed by atoms with Crippen LogP contribution in [0.5, 0.6) is 0 Å². The SMILES string of the molecule is CCCCCC/C=C\CCCCCCCCCC(=O)OC(COC(=O)CCCCC/C=C\C=C/CCCCCCCCC)COC(=O)CCCCCCCCCCCCCCCC. The van der Waals surface area contributed by atoms with E-state index in [9.17, 15) is 14.4 Å². The third-order valence-electron chi connectivity index (χ3n) is 12.1. The molecule has 0 saturated carbocycles. The van der Waals surface area contributed by atoms with E-state index in [1.807, 2.05) is 0 Å². The molecule has 6 nitrogen and oxygen atoms in total. The van der Waals surface area contributed by atoms with Crippen molar-refractivity contribution in [2.45, 2.75) is 297 Å². The van der Waals surface area contributed by atoms with E-state index in [-0.39, 0.29) is 31.1 Å². The molecule has 63 heavy (non-hydrogen) atoms. The van der Waals surface area contributed by atoms with E-state index in [2.05, 4.69) is 57.2 Å². The van der Waals surface area contributed by atoms with E-state index in [0.717, 1.165) is 70.6 Å². The van der Waals surface area contributed by atoms with Gasteiger partial charge in [-0.3, -0.25) is 14.4 Å². The molecule has 0 aromatic rings. The van der Waals surface area contributed by atoms with Crippen LogP contribution in [0.2, 0.25) is 0 Å². The molecule has 0 aliphatic carbocycles. The Morgan fingerprint density at radius 3 is 0.921 bits per heavy atom. The lowest BCUT2D eigenvalue weighted by atomic mass is 10.0. The average Bonchev–Trinajstić information content (AvgIpc) is 3.28. The first-order valence-corrected chi connectivity index (χ1v) is 27.5. The van der Waals surface area contributed by atoms with Gasteiger partial charge in [-0.15, -0.1) is 0 Å². The Kier molecular flexibility index (Phi) is 50.3. The molecule has 0 aromatic heterocycles. The van der Waals surface area contributed by atoms with Crippen LogP contribution >= 0.6 is 0 Å². The zero-order valence-electron chi connectivity index (χ0n) is 42.1. The predicted molar refractivity (Wildman–Crippen MR) is 270 cm³/mol. The topological polar surface area (TPSA) is 78.9 Å². The maximum atomic E-state index is 12.8. The van der Waals surface area contributed by atoms with Crippen molar-refractivity contribution in [2.75, 3.05) is 13.2 Å². The largest absolute Gasteiger partial charge is 0.462 e. The Balaban J connectivity index is 4.40. The summed E-state index contributed by atoms with van der Waals surface area (Å²) >= 11 is 0. The second-order valence-corrected chi connectivity index (χ2v) is 18.5. The van der Waals surface area contributed by atoms with Crippen molar-refractivity contribution in [2.24, 2.45) is 0 Å². The van der Waals surface area contributed by atoms with Gasteiger partial charge in [-0.2, -0.15) is 0 Å². The second kappa shape index (κ2) is 52.3. The number of hydrogen-bond donors (Lipinski definition) is 0. The minimum atomic E-state index is -0.781. The molecule has 0 aliphatic heterocycles. The van der Waals surface area contributed by atoms with Crippen molar-refractivity contribution >= 4 is 17.9 Å². The van der Waals surface area contributed by atoms with Crippen LogP contribution in [0, 0.1) is 0 Å². The summed E-state index contributed by atoms with van der Waals surface area (Å²) in [7, 11) is 0. The highest BCUT2D eigenvalue weighted by atomic mass is 16.6. The van der Waals surface area contributed by atoms with Crippen molar-refractivity contribution < 1.29 is 28.6 Å². The zero-order chi connectivity index (χ0) is 45.8.